The number of aryl methyl sites for hydroxylation is 1. The molecule has 2 N–H and O–H groups in total. The van der Waals surface area contributed by atoms with E-state index in [-0.39, 0.29) is 11.3 Å². The molecule has 1 saturated heterocycles. The van der Waals surface area contributed by atoms with Crippen molar-refractivity contribution in [3.05, 3.63) is 41.7 Å². The van der Waals surface area contributed by atoms with Crippen molar-refractivity contribution in [2.75, 3.05) is 26.7 Å². The van der Waals surface area contributed by atoms with Gasteiger partial charge in [-0.15, -0.1) is 0 Å². The zero-order valence-electron chi connectivity index (χ0n) is 14.5. The number of amides is 1. The van der Waals surface area contributed by atoms with Gasteiger partial charge in [-0.25, -0.2) is 4.68 Å². The summed E-state index contributed by atoms with van der Waals surface area (Å²) in [5, 5.41) is 4.46. The highest BCUT2D eigenvalue weighted by Gasteiger charge is 2.35. The van der Waals surface area contributed by atoms with E-state index in [1.807, 2.05) is 30.0 Å². The van der Waals surface area contributed by atoms with Gasteiger partial charge in [0.05, 0.1) is 7.11 Å². The maximum absolute atomic E-state index is 12.7. The highest BCUT2D eigenvalue weighted by atomic mass is 16.5. The number of nitrogens with two attached hydrogens (primary N) is 1. The first-order valence-corrected chi connectivity index (χ1v) is 8.16. The van der Waals surface area contributed by atoms with Crippen LogP contribution in [0.2, 0.25) is 0 Å². The van der Waals surface area contributed by atoms with E-state index in [2.05, 4.69) is 12.0 Å². The molecule has 0 spiro atoms. The molecule has 1 aromatic carbocycles. The van der Waals surface area contributed by atoms with Gasteiger partial charge in [-0.3, -0.25) is 4.79 Å². The number of ether oxygens (including phenoxy) is 1. The van der Waals surface area contributed by atoms with Gasteiger partial charge in [0, 0.05) is 19.3 Å². The lowest BCUT2D eigenvalue weighted by molar-refractivity contribution is 0.0770. The van der Waals surface area contributed by atoms with Gasteiger partial charge in [0.1, 0.15) is 11.4 Å². The molecule has 6 heteroatoms. The summed E-state index contributed by atoms with van der Waals surface area (Å²) in [7, 11) is 1.63. The van der Waals surface area contributed by atoms with Crippen molar-refractivity contribution in [1.82, 2.24) is 14.7 Å². The third-order valence-electron chi connectivity index (χ3n) is 4.73. The standard InChI is InChI=1S/C18H24N4O2/c1-13-4-5-16(24-3)15(10-13)22-8-6-14(20-22)17(23)21-9-7-18(2,11-19)12-21/h4-6,8,10H,7,9,11-12,19H2,1-3H3. The van der Waals surface area contributed by atoms with Crippen molar-refractivity contribution in [2.24, 2.45) is 11.1 Å². The van der Waals surface area contributed by atoms with Crippen LogP contribution in [0.4, 0.5) is 0 Å². The predicted molar refractivity (Wildman–Crippen MR) is 92.5 cm³/mol. The highest BCUT2D eigenvalue weighted by Crippen LogP contribution is 2.29. The second-order valence-electron chi connectivity index (χ2n) is 6.81. The number of benzene rings is 1. The average molecular weight is 328 g/mol. The first kappa shape index (κ1) is 16.5. The molecule has 1 atom stereocenters. The molecule has 128 valence electrons. The molecule has 0 saturated carbocycles. The molecule has 2 aromatic rings. The van der Waals surface area contributed by atoms with Gasteiger partial charge < -0.3 is 15.4 Å². The smallest absolute Gasteiger partial charge is 0.274 e. The van der Waals surface area contributed by atoms with Crippen molar-refractivity contribution < 1.29 is 9.53 Å². The Morgan fingerprint density at radius 3 is 2.88 bits per heavy atom. The van der Waals surface area contributed by atoms with E-state index in [0.717, 1.165) is 30.0 Å². The lowest BCUT2D eigenvalue weighted by atomic mass is 9.90. The normalized spacial score (nSPS) is 20.4. The molecule has 0 aliphatic carbocycles. The summed E-state index contributed by atoms with van der Waals surface area (Å²) >= 11 is 0. The summed E-state index contributed by atoms with van der Waals surface area (Å²) < 4.78 is 7.09. The zero-order chi connectivity index (χ0) is 17.3. The third-order valence-corrected chi connectivity index (χ3v) is 4.73. The Balaban J connectivity index is 1.84. The Hall–Kier alpha value is -2.34. The van der Waals surface area contributed by atoms with Crippen LogP contribution in [0.25, 0.3) is 5.69 Å². The number of aromatic nitrogens is 2. The molecule has 3 rings (SSSR count). The SMILES string of the molecule is COc1ccc(C)cc1-n1ccc(C(=O)N2CCC(C)(CN)C2)n1. The van der Waals surface area contributed by atoms with E-state index < -0.39 is 0 Å². The lowest BCUT2D eigenvalue weighted by Crippen LogP contribution is -2.34. The van der Waals surface area contributed by atoms with Crippen molar-refractivity contribution >= 4 is 5.91 Å². The average Bonchev–Trinajstić information content (AvgIpc) is 3.22. The molecule has 1 fully saturated rings. The second-order valence-corrected chi connectivity index (χ2v) is 6.81. The lowest BCUT2D eigenvalue weighted by Gasteiger charge is -2.22. The third kappa shape index (κ3) is 3.01. The summed E-state index contributed by atoms with van der Waals surface area (Å²) in [5.41, 5.74) is 8.21. The first-order chi connectivity index (χ1) is 11.5. The van der Waals surface area contributed by atoms with Gasteiger partial charge in [0.25, 0.3) is 5.91 Å². The molecule has 2 heterocycles. The summed E-state index contributed by atoms with van der Waals surface area (Å²) in [4.78, 5) is 14.5. The first-order valence-electron chi connectivity index (χ1n) is 8.16. The number of likely N-dealkylation sites (tertiary alicyclic amines) is 1. The summed E-state index contributed by atoms with van der Waals surface area (Å²) in [6.45, 7) is 6.13. The van der Waals surface area contributed by atoms with E-state index in [9.17, 15) is 4.79 Å². The van der Waals surface area contributed by atoms with Crippen molar-refractivity contribution in [1.29, 1.82) is 0 Å². The van der Waals surface area contributed by atoms with Gasteiger partial charge in [-0.05, 0) is 49.1 Å². The summed E-state index contributed by atoms with van der Waals surface area (Å²) in [6, 6.07) is 7.63. The fourth-order valence-corrected chi connectivity index (χ4v) is 3.08. The molecular weight excluding hydrogens is 304 g/mol. The number of rotatable bonds is 4. The number of hydrogen-bond donors (Lipinski definition) is 1. The molecule has 0 bridgehead atoms. The van der Waals surface area contributed by atoms with Crippen LogP contribution in [0.1, 0.15) is 29.4 Å². The monoisotopic (exact) mass is 328 g/mol. The fourth-order valence-electron chi connectivity index (χ4n) is 3.08. The van der Waals surface area contributed by atoms with Crippen molar-refractivity contribution in [3.63, 3.8) is 0 Å². The van der Waals surface area contributed by atoms with E-state index in [4.69, 9.17) is 10.5 Å². The van der Waals surface area contributed by atoms with Crippen LogP contribution in [0, 0.1) is 12.3 Å². The maximum atomic E-state index is 12.7. The van der Waals surface area contributed by atoms with Crippen LogP contribution in [-0.2, 0) is 0 Å². The predicted octanol–water partition coefficient (Wildman–Crippen LogP) is 2.00. The van der Waals surface area contributed by atoms with E-state index in [1.165, 1.54) is 0 Å². The Kier molecular flexibility index (Phi) is 4.32. The molecule has 1 aliphatic heterocycles. The van der Waals surface area contributed by atoms with Crippen LogP contribution < -0.4 is 10.5 Å². The Bertz CT molecular complexity index is 755. The maximum Gasteiger partial charge on any atom is 0.274 e. The Morgan fingerprint density at radius 1 is 1.42 bits per heavy atom. The summed E-state index contributed by atoms with van der Waals surface area (Å²) in [6.07, 6.45) is 2.73. The molecule has 1 unspecified atom stereocenters. The van der Waals surface area contributed by atoms with E-state index in [1.54, 1.807) is 24.1 Å². The van der Waals surface area contributed by atoms with Crippen LogP contribution in [0.15, 0.2) is 30.5 Å². The molecule has 6 nitrogen and oxygen atoms in total. The zero-order valence-corrected chi connectivity index (χ0v) is 14.5. The molecule has 24 heavy (non-hydrogen) atoms. The number of carbonyl (C=O) groups is 1. The quantitative estimate of drug-likeness (QED) is 0.931. The molecule has 1 aromatic heterocycles. The largest absolute Gasteiger partial charge is 0.494 e. The number of hydrogen-bond acceptors (Lipinski definition) is 4. The van der Waals surface area contributed by atoms with Crippen LogP contribution in [-0.4, -0.2) is 47.3 Å². The fraction of sp³-hybridized carbons (Fsp3) is 0.444. The van der Waals surface area contributed by atoms with Crippen LogP contribution >= 0.6 is 0 Å². The van der Waals surface area contributed by atoms with Crippen LogP contribution in [0.5, 0.6) is 5.75 Å². The van der Waals surface area contributed by atoms with Gasteiger partial charge in [0.15, 0.2) is 5.69 Å². The van der Waals surface area contributed by atoms with Crippen molar-refractivity contribution in [3.8, 4) is 11.4 Å². The number of nitrogens with zero attached hydrogens (tertiary/aromatic N) is 3. The van der Waals surface area contributed by atoms with Gasteiger partial charge in [-0.1, -0.05) is 13.0 Å². The van der Waals surface area contributed by atoms with Gasteiger partial charge in [0.2, 0.25) is 0 Å². The van der Waals surface area contributed by atoms with E-state index in [0.29, 0.717) is 18.8 Å². The minimum atomic E-state index is -0.0439. The Labute approximate surface area is 142 Å². The Morgan fingerprint density at radius 2 is 2.21 bits per heavy atom. The van der Waals surface area contributed by atoms with E-state index >= 15 is 0 Å². The van der Waals surface area contributed by atoms with Gasteiger partial charge >= 0.3 is 0 Å². The summed E-state index contributed by atoms with van der Waals surface area (Å²) in [5.74, 6) is 0.678. The highest BCUT2D eigenvalue weighted by molar-refractivity contribution is 5.92. The minimum Gasteiger partial charge on any atom is -0.494 e. The molecule has 1 aliphatic rings. The van der Waals surface area contributed by atoms with Crippen LogP contribution in [0.3, 0.4) is 0 Å². The topological polar surface area (TPSA) is 73.4 Å². The number of methoxy groups -OCH3 is 1. The molecule has 0 radical (unpaired) electrons. The van der Waals surface area contributed by atoms with Crippen molar-refractivity contribution in [2.45, 2.75) is 20.3 Å². The van der Waals surface area contributed by atoms with Gasteiger partial charge in [-0.2, -0.15) is 5.10 Å². The minimum absolute atomic E-state index is 0.0119. The molecule has 1 amide bonds. The number of carbonyl (C=O) groups excluding carboxylic acids is 1. The molecular formula is C18H24N4O2. The second kappa shape index (κ2) is 6.28.